The fraction of sp³-hybridized carbons (Fsp3) is 0. The summed E-state index contributed by atoms with van der Waals surface area (Å²) in [7, 11) is 0. The van der Waals surface area contributed by atoms with Gasteiger partial charge in [-0.15, -0.1) is 11.3 Å². The molecule has 4 rings (SSSR count). The lowest BCUT2D eigenvalue weighted by Crippen LogP contribution is -2.24. The fourth-order valence-corrected chi connectivity index (χ4v) is 4.46. The number of carbonyl (C=O) groups excluding carboxylic acids is 1. The number of hydrogen-bond acceptors (Lipinski definition) is 5. The summed E-state index contributed by atoms with van der Waals surface area (Å²) in [5.41, 5.74) is 1.76. The highest BCUT2D eigenvalue weighted by molar-refractivity contribution is 9.10. The van der Waals surface area contributed by atoms with E-state index >= 15 is 0 Å². The molecule has 2 heterocycles. The van der Waals surface area contributed by atoms with E-state index in [1.54, 1.807) is 12.3 Å². The Balaban J connectivity index is 1.76. The molecule has 0 saturated carbocycles. The number of nitrogens with zero attached hydrogens (tertiary/aromatic N) is 3. The fourth-order valence-electron chi connectivity index (χ4n) is 2.33. The highest BCUT2D eigenvalue weighted by Gasteiger charge is 2.21. The first-order valence-electron chi connectivity index (χ1n) is 7.74. The van der Waals surface area contributed by atoms with E-state index < -0.39 is 0 Å². The second-order valence-electron chi connectivity index (χ2n) is 5.36. The Labute approximate surface area is 166 Å². The van der Waals surface area contributed by atoms with Gasteiger partial charge in [-0.1, -0.05) is 63.7 Å². The molecule has 0 radical (unpaired) electrons. The van der Waals surface area contributed by atoms with E-state index in [9.17, 15) is 4.79 Å². The predicted octanol–water partition coefficient (Wildman–Crippen LogP) is 5.80. The molecule has 0 N–H and O–H groups in total. The van der Waals surface area contributed by atoms with Crippen molar-refractivity contribution in [3.63, 3.8) is 0 Å². The molecule has 7 heteroatoms. The van der Waals surface area contributed by atoms with Crippen LogP contribution < -0.4 is 5.01 Å². The molecule has 0 aliphatic rings. The highest BCUT2D eigenvalue weighted by Crippen LogP contribution is 2.32. The van der Waals surface area contributed by atoms with Crippen LogP contribution in [0.5, 0.6) is 0 Å². The summed E-state index contributed by atoms with van der Waals surface area (Å²) >= 11 is 6.30. The van der Waals surface area contributed by atoms with Crippen LogP contribution >= 0.6 is 38.6 Å². The number of halogens is 1. The van der Waals surface area contributed by atoms with Gasteiger partial charge in [0.05, 0.1) is 21.3 Å². The summed E-state index contributed by atoms with van der Waals surface area (Å²) in [5, 5.41) is 8.23. The first-order valence-corrected chi connectivity index (χ1v) is 10.2. The smallest absolute Gasteiger partial charge is 0.266 e. The Kier molecular flexibility index (Phi) is 4.92. The van der Waals surface area contributed by atoms with Gasteiger partial charge in [0.25, 0.3) is 5.91 Å². The van der Waals surface area contributed by atoms with Gasteiger partial charge in [0, 0.05) is 4.47 Å². The maximum Gasteiger partial charge on any atom is 0.290 e. The summed E-state index contributed by atoms with van der Waals surface area (Å²) in [4.78, 5) is 18.2. The van der Waals surface area contributed by atoms with Crippen LogP contribution in [-0.4, -0.2) is 17.1 Å². The third-order valence-corrected chi connectivity index (χ3v) is 5.91. The van der Waals surface area contributed by atoms with Gasteiger partial charge in [-0.25, -0.2) is 4.98 Å². The number of amides is 1. The van der Waals surface area contributed by atoms with Gasteiger partial charge in [0.1, 0.15) is 0 Å². The number of rotatable bonds is 4. The lowest BCUT2D eigenvalue weighted by atomic mass is 10.2. The van der Waals surface area contributed by atoms with Crippen LogP contribution in [0.15, 0.2) is 75.6 Å². The minimum absolute atomic E-state index is 0.190. The van der Waals surface area contributed by atoms with Crippen molar-refractivity contribution < 1.29 is 4.79 Å². The van der Waals surface area contributed by atoms with Crippen molar-refractivity contribution in [2.24, 2.45) is 5.10 Å². The molecule has 0 fully saturated rings. The molecule has 2 aromatic heterocycles. The van der Waals surface area contributed by atoms with Crippen LogP contribution in [0.1, 0.15) is 15.2 Å². The molecule has 0 atom stereocenters. The van der Waals surface area contributed by atoms with E-state index in [-0.39, 0.29) is 5.91 Å². The molecule has 2 aromatic carbocycles. The van der Waals surface area contributed by atoms with Crippen molar-refractivity contribution in [1.82, 2.24) is 4.98 Å². The third kappa shape index (κ3) is 3.60. The molecule has 4 nitrogen and oxygen atoms in total. The van der Waals surface area contributed by atoms with Crippen molar-refractivity contribution >= 4 is 66.1 Å². The van der Waals surface area contributed by atoms with Gasteiger partial charge in [0.2, 0.25) is 5.13 Å². The van der Waals surface area contributed by atoms with Gasteiger partial charge in [0.15, 0.2) is 0 Å². The maximum absolute atomic E-state index is 13.0. The highest BCUT2D eigenvalue weighted by atomic mass is 79.9. The normalized spacial score (nSPS) is 11.3. The standard InChI is InChI=1S/C19H12BrN3OS2/c20-14-8-9-15-17(11-14)26-19(22-15)23(18(24)16-7-4-10-25-16)21-12-13-5-2-1-3-6-13/h1-12H/b21-12+. The Morgan fingerprint density at radius 3 is 2.73 bits per heavy atom. The minimum Gasteiger partial charge on any atom is -0.266 e. The number of thiophene rings is 1. The van der Waals surface area contributed by atoms with Gasteiger partial charge in [-0.05, 0) is 35.2 Å². The number of hydrazone groups is 1. The third-order valence-electron chi connectivity index (χ3n) is 3.57. The molecule has 128 valence electrons. The van der Waals surface area contributed by atoms with E-state index in [2.05, 4.69) is 26.0 Å². The Bertz CT molecular complexity index is 1070. The number of thiazole rings is 1. The van der Waals surface area contributed by atoms with Gasteiger partial charge >= 0.3 is 0 Å². The average Bonchev–Trinajstić information content (AvgIpc) is 3.32. The topological polar surface area (TPSA) is 45.6 Å². The Morgan fingerprint density at radius 1 is 1.12 bits per heavy atom. The summed E-state index contributed by atoms with van der Waals surface area (Å²) in [6, 6.07) is 19.2. The number of fused-ring (bicyclic) bond motifs is 1. The molecule has 0 aliphatic heterocycles. The number of benzene rings is 2. The summed E-state index contributed by atoms with van der Waals surface area (Å²) in [5.74, 6) is -0.190. The van der Waals surface area contributed by atoms with Crippen LogP contribution in [0.3, 0.4) is 0 Å². The number of hydrogen-bond donors (Lipinski definition) is 0. The molecular weight excluding hydrogens is 430 g/mol. The summed E-state index contributed by atoms with van der Waals surface area (Å²) in [6.45, 7) is 0. The lowest BCUT2D eigenvalue weighted by Gasteiger charge is -2.12. The molecule has 0 aliphatic carbocycles. The lowest BCUT2D eigenvalue weighted by molar-refractivity contribution is 0.0991. The molecular formula is C19H12BrN3OS2. The predicted molar refractivity (Wildman–Crippen MR) is 112 cm³/mol. The SMILES string of the molecule is O=C(c1cccs1)N(/N=C/c1ccccc1)c1nc2ccc(Br)cc2s1. The Hall–Kier alpha value is -2.35. The Morgan fingerprint density at radius 2 is 1.96 bits per heavy atom. The summed E-state index contributed by atoms with van der Waals surface area (Å²) < 4.78 is 1.97. The molecule has 0 bridgehead atoms. The zero-order valence-electron chi connectivity index (χ0n) is 13.4. The molecule has 26 heavy (non-hydrogen) atoms. The minimum atomic E-state index is -0.190. The molecule has 0 unspecified atom stereocenters. The van der Waals surface area contributed by atoms with E-state index in [4.69, 9.17) is 0 Å². The average molecular weight is 442 g/mol. The van der Waals surface area contributed by atoms with Gasteiger partial charge in [-0.2, -0.15) is 10.1 Å². The maximum atomic E-state index is 13.0. The molecule has 1 amide bonds. The van der Waals surface area contributed by atoms with Crippen LogP contribution in [0.2, 0.25) is 0 Å². The molecule has 0 spiro atoms. The summed E-state index contributed by atoms with van der Waals surface area (Å²) in [6.07, 6.45) is 1.67. The second kappa shape index (κ2) is 7.49. The van der Waals surface area contributed by atoms with Crippen LogP contribution in [0, 0.1) is 0 Å². The van der Waals surface area contributed by atoms with E-state index in [1.807, 2.05) is 60.0 Å². The van der Waals surface area contributed by atoms with Crippen molar-refractivity contribution in [3.05, 3.63) is 81.0 Å². The second-order valence-corrected chi connectivity index (χ2v) is 8.23. The van der Waals surface area contributed by atoms with Crippen LogP contribution in [0.4, 0.5) is 5.13 Å². The first-order chi connectivity index (χ1) is 12.7. The van der Waals surface area contributed by atoms with E-state index in [0.717, 1.165) is 20.3 Å². The van der Waals surface area contributed by atoms with Gasteiger partial charge in [-0.3, -0.25) is 4.79 Å². The van der Waals surface area contributed by atoms with Gasteiger partial charge < -0.3 is 0 Å². The quantitative estimate of drug-likeness (QED) is 0.296. The van der Waals surface area contributed by atoms with E-state index in [1.165, 1.54) is 27.7 Å². The van der Waals surface area contributed by atoms with Crippen molar-refractivity contribution in [2.75, 3.05) is 5.01 Å². The monoisotopic (exact) mass is 441 g/mol. The first kappa shape index (κ1) is 17.1. The largest absolute Gasteiger partial charge is 0.290 e. The molecule has 0 saturated heterocycles. The zero-order chi connectivity index (χ0) is 17.9. The number of carbonyl (C=O) groups is 1. The zero-order valence-corrected chi connectivity index (χ0v) is 16.6. The number of anilines is 1. The van der Waals surface area contributed by atoms with Crippen LogP contribution in [-0.2, 0) is 0 Å². The molecule has 4 aromatic rings. The van der Waals surface area contributed by atoms with Crippen molar-refractivity contribution in [2.45, 2.75) is 0 Å². The van der Waals surface area contributed by atoms with Crippen molar-refractivity contribution in [3.8, 4) is 0 Å². The number of aromatic nitrogens is 1. The van der Waals surface area contributed by atoms with E-state index in [0.29, 0.717) is 10.0 Å². The van der Waals surface area contributed by atoms with Crippen LogP contribution in [0.25, 0.3) is 10.2 Å². The van der Waals surface area contributed by atoms with Crippen molar-refractivity contribution in [1.29, 1.82) is 0 Å².